The summed E-state index contributed by atoms with van der Waals surface area (Å²) in [6.07, 6.45) is -2.51. The van der Waals surface area contributed by atoms with Gasteiger partial charge >= 0.3 is 6.09 Å². The molecule has 12 heteroatoms. The Bertz CT molecular complexity index is 1160. The van der Waals surface area contributed by atoms with Crippen LogP contribution in [0, 0.1) is 6.92 Å². The lowest BCUT2D eigenvalue weighted by atomic mass is 10.00. The monoisotopic (exact) mass is 510 g/mol. The maximum absolute atomic E-state index is 12.5. The molecule has 0 bridgehead atoms. The number of nitrogens with one attached hydrogen (secondary N) is 1. The van der Waals surface area contributed by atoms with Crippen molar-refractivity contribution in [3.05, 3.63) is 60.4 Å². The number of benzene rings is 2. The van der Waals surface area contributed by atoms with Gasteiger partial charge in [-0.15, -0.1) is 0 Å². The van der Waals surface area contributed by atoms with Crippen LogP contribution in [0.15, 0.2) is 64.0 Å². The van der Waals surface area contributed by atoms with Crippen LogP contribution in [0.25, 0.3) is 22.4 Å². The average molecular weight is 511 g/mol. The number of carbonyl (C=O) groups is 1. The van der Waals surface area contributed by atoms with E-state index in [4.69, 9.17) is 19.5 Å². The molecular weight excluding hydrogens is 488 g/mol. The van der Waals surface area contributed by atoms with Gasteiger partial charge in [0, 0.05) is 11.3 Å². The maximum Gasteiger partial charge on any atom is 0.421 e. The Morgan fingerprint density at radius 3 is 2.45 bits per heavy atom. The van der Waals surface area contributed by atoms with Gasteiger partial charge in [0.1, 0.15) is 18.1 Å². The zero-order valence-electron chi connectivity index (χ0n) is 17.5. The van der Waals surface area contributed by atoms with Gasteiger partial charge in [0.15, 0.2) is 6.29 Å². The number of nitrogens with zero attached hydrogens (tertiary/aromatic N) is 1. The van der Waals surface area contributed by atoms with E-state index in [9.17, 15) is 13.2 Å². The minimum absolute atomic E-state index is 0.0345. The molecule has 1 aromatic heterocycles. The summed E-state index contributed by atoms with van der Waals surface area (Å²) in [7, 11) is -1.66. The second-order valence-corrected chi connectivity index (χ2v) is 11.0. The highest BCUT2D eigenvalue weighted by atomic mass is 33.1. The summed E-state index contributed by atoms with van der Waals surface area (Å²) >= 11 is 0. The van der Waals surface area contributed by atoms with E-state index in [0.717, 1.165) is 11.1 Å². The van der Waals surface area contributed by atoms with Crippen molar-refractivity contribution in [2.45, 2.75) is 18.1 Å². The lowest BCUT2D eigenvalue weighted by Gasteiger charge is -2.09. The Labute approximate surface area is 199 Å². The SMILES string of the molecule is Cc1onc(-c2ccc(S(=O)(=O)NC(=O)OCCSSCC(O)O)cc2)c1-c1ccccc1. The molecule has 3 N–H and O–H groups in total. The van der Waals surface area contributed by atoms with Gasteiger partial charge in [0.25, 0.3) is 10.0 Å². The first-order valence-electron chi connectivity index (χ1n) is 9.70. The number of rotatable bonds is 10. The fourth-order valence-corrected chi connectivity index (χ4v) is 5.43. The third-order valence-electron chi connectivity index (χ3n) is 4.28. The maximum atomic E-state index is 12.5. The molecule has 176 valence electrons. The van der Waals surface area contributed by atoms with Crippen molar-refractivity contribution in [3.8, 4) is 22.4 Å². The lowest BCUT2D eigenvalue weighted by molar-refractivity contribution is -0.0184. The molecule has 1 amide bonds. The van der Waals surface area contributed by atoms with Crippen LogP contribution in [0.4, 0.5) is 4.79 Å². The van der Waals surface area contributed by atoms with Crippen molar-refractivity contribution in [2.24, 2.45) is 0 Å². The van der Waals surface area contributed by atoms with Crippen molar-refractivity contribution >= 4 is 37.7 Å². The Balaban J connectivity index is 1.63. The summed E-state index contributed by atoms with van der Waals surface area (Å²) in [5.41, 5.74) is 2.99. The summed E-state index contributed by atoms with van der Waals surface area (Å²) in [6, 6.07) is 15.5. The number of ether oxygens (including phenoxy) is 1. The average Bonchev–Trinajstić information content (AvgIpc) is 3.17. The van der Waals surface area contributed by atoms with Crippen LogP contribution in [-0.4, -0.2) is 54.3 Å². The van der Waals surface area contributed by atoms with Crippen LogP contribution in [0.2, 0.25) is 0 Å². The van der Waals surface area contributed by atoms with Crippen LogP contribution in [0.5, 0.6) is 0 Å². The molecule has 0 unspecified atom stereocenters. The first-order chi connectivity index (χ1) is 15.8. The molecule has 9 nitrogen and oxygen atoms in total. The predicted octanol–water partition coefficient (Wildman–Crippen LogP) is 3.42. The molecule has 0 radical (unpaired) electrons. The first-order valence-corrected chi connectivity index (χ1v) is 13.7. The van der Waals surface area contributed by atoms with E-state index in [1.54, 1.807) is 19.1 Å². The third kappa shape index (κ3) is 6.98. The van der Waals surface area contributed by atoms with E-state index in [0.29, 0.717) is 22.8 Å². The predicted molar refractivity (Wildman–Crippen MR) is 127 cm³/mol. The molecule has 0 aliphatic heterocycles. The Hall–Kier alpha value is -2.51. The molecule has 3 aromatic rings. The molecule has 0 fully saturated rings. The van der Waals surface area contributed by atoms with Gasteiger partial charge in [-0.25, -0.2) is 17.9 Å². The molecule has 0 aliphatic rings. The van der Waals surface area contributed by atoms with Gasteiger partial charge in [-0.05, 0) is 24.6 Å². The molecule has 2 aromatic carbocycles. The highest BCUT2D eigenvalue weighted by Crippen LogP contribution is 2.34. The molecule has 0 saturated carbocycles. The Morgan fingerprint density at radius 2 is 1.79 bits per heavy atom. The van der Waals surface area contributed by atoms with Crippen LogP contribution < -0.4 is 4.72 Å². The number of aliphatic hydroxyl groups excluding tert-OH is 1. The highest BCUT2D eigenvalue weighted by Gasteiger charge is 2.20. The van der Waals surface area contributed by atoms with Gasteiger partial charge in [0.2, 0.25) is 0 Å². The number of amides is 1. The normalized spacial score (nSPS) is 11.5. The zero-order valence-corrected chi connectivity index (χ0v) is 20.0. The lowest BCUT2D eigenvalue weighted by Crippen LogP contribution is -2.31. The fraction of sp³-hybridized carbons (Fsp3) is 0.238. The van der Waals surface area contributed by atoms with Crippen LogP contribution in [-0.2, 0) is 14.8 Å². The first kappa shape index (κ1) is 25.1. The second-order valence-electron chi connectivity index (χ2n) is 6.68. The summed E-state index contributed by atoms with van der Waals surface area (Å²) in [6.45, 7) is 1.77. The molecule has 0 aliphatic carbocycles. The van der Waals surface area contributed by atoms with Crippen molar-refractivity contribution in [1.82, 2.24) is 9.88 Å². The van der Waals surface area contributed by atoms with E-state index in [1.165, 1.54) is 33.7 Å². The minimum atomic E-state index is -4.12. The van der Waals surface area contributed by atoms with Gasteiger partial charge in [-0.2, -0.15) is 0 Å². The van der Waals surface area contributed by atoms with Gasteiger partial charge in [0.05, 0.1) is 16.2 Å². The van der Waals surface area contributed by atoms with E-state index < -0.39 is 22.4 Å². The van der Waals surface area contributed by atoms with Gasteiger partial charge in [-0.3, -0.25) is 0 Å². The zero-order chi connectivity index (χ0) is 23.8. The molecule has 0 atom stereocenters. The summed E-state index contributed by atoms with van der Waals surface area (Å²) in [5.74, 6) is 1.11. The van der Waals surface area contributed by atoms with Gasteiger partial charge < -0.3 is 19.5 Å². The third-order valence-corrected chi connectivity index (χ3v) is 7.95. The van der Waals surface area contributed by atoms with Crippen LogP contribution in [0.1, 0.15) is 5.76 Å². The summed E-state index contributed by atoms with van der Waals surface area (Å²) in [4.78, 5) is 11.7. The standard InChI is InChI=1S/C21H22N2O7S3/c1-14-19(15-5-3-2-4-6-15)20(22-30-14)16-7-9-17(10-8-16)33(27,28)23-21(26)29-11-12-31-32-13-18(24)25/h2-10,18,24-25H,11-13H2,1H3,(H,23,26). The number of aromatic nitrogens is 1. The molecule has 33 heavy (non-hydrogen) atoms. The fourth-order valence-electron chi connectivity index (χ4n) is 2.84. The number of aryl methyl sites for hydroxylation is 1. The highest BCUT2D eigenvalue weighted by molar-refractivity contribution is 8.76. The Morgan fingerprint density at radius 1 is 1.09 bits per heavy atom. The Kier molecular flexibility index (Phi) is 8.80. The van der Waals surface area contributed by atoms with Gasteiger partial charge in [-0.1, -0.05) is 69.2 Å². The van der Waals surface area contributed by atoms with E-state index in [1.807, 2.05) is 35.1 Å². The molecule has 1 heterocycles. The van der Waals surface area contributed by atoms with E-state index in [-0.39, 0.29) is 17.3 Å². The van der Waals surface area contributed by atoms with Crippen LogP contribution in [0.3, 0.4) is 0 Å². The topological polar surface area (TPSA) is 139 Å². The van der Waals surface area contributed by atoms with Crippen molar-refractivity contribution in [3.63, 3.8) is 0 Å². The van der Waals surface area contributed by atoms with E-state index in [2.05, 4.69) is 5.16 Å². The smallest absolute Gasteiger partial charge is 0.421 e. The molecule has 0 spiro atoms. The minimum Gasteiger partial charge on any atom is -0.448 e. The number of hydrogen-bond acceptors (Lipinski definition) is 10. The molecule has 3 rings (SSSR count). The quantitative estimate of drug-likeness (QED) is 0.211. The summed E-state index contributed by atoms with van der Waals surface area (Å²) in [5, 5.41) is 21.6. The summed E-state index contributed by atoms with van der Waals surface area (Å²) < 4.78 is 37.0. The van der Waals surface area contributed by atoms with E-state index >= 15 is 0 Å². The number of hydrogen-bond donors (Lipinski definition) is 3. The molecular formula is C21H22N2O7S3. The van der Waals surface area contributed by atoms with Crippen molar-refractivity contribution in [1.29, 1.82) is 0 Å². The number of carbonyl (C=O) groups excluding carboxylic acids is 1. The van der Waals surface area contributed by atoms with Crippen molar-refractivity contribution < 1.29 is 32.7 Å². The largest absolute Gasteiger partial charge is 0.448 e. The molecule has 0 saturated heterocycles. The van der Waals surface area contributed by atoms with Crippen molar-refractivity contribution in [2.75, 3.05) is 18.1 Å². The van der Waals surface area contributed by atoms with Crippen LogP contribution >= 0.6 is 21.6 Å². The second kappa shape index (κ2) is 11.6. The number of sulfonamides is 1. The number of aliphatic hydroxyl groups is 2.